The van der Waals surface area contributed by atoms with Crippen LogP contribution in [0.5, 0.6) is 0 Å². The number of rotatable bonds is 3. The van der Waals surface area contributed by atoms with E-state index in [2.05, 4.69) is 0 Å². The van der Waals surface area contributed by atoms with Gasteiger partial charge in [-0.1, -0.05) is 30.3 Å². The standard InChI is InChI=1S/C13H13NO3/c15-11(10-5-2-1-3-6-10)9-14-12(16)7-4-8-13(14)17/h1-3,5-6H,4,7-9H2. The van der Waals surface area contributed by atoms with Gasteiger partial charge in [0.1, 0.15) is 0 Å². The zero-order valence-electron chi connectivity index (χ0n) is 9.39. The molecule has 1 aromatic rings. The van der Waals surface area contributed by atoms with Gasteiger partial charge in [-0.15, -0.1) is 0 Å². The average Bonchev–Trinajstić information content (AvgIpc) is 2.35. The number of ketones is 1. The summed E-state index contributed by atoms with van der Waals surface area (Å²) in [4.78, 5) is 36.0. The second-order valence-corrected chi connectivity index (χ2v) is 4.02. The first-order valence-electron chi connectivity index (χ1n) is 5.60. The molecule has 1 aliphatic rings. The first kappa shape index (κ1) is 11.5. The lowest BCUT2D eigenvalue weighted by atomic mass is 10.1. The monoisotopic (exact) mass is 231 g/mol. The van der Waals surface area contributed by atoms with Crippen molar-refractivity contribution in [2.45, 2.75) is 19.3 Å². The molecule has 1 saturated heterocycles. The Morgan fingerprint density at radius 1 is 1.06 bits per heavy atom. The number of hydrogen-bond acceptors (Lipinski definition) is 3. The lowest BCUT2D eigenvalue weighted by Crippen LogP contribution is -2.43. The van der Waals surface area contributed by atoms with Gasteiger partial charge in [-0.2, -0.15) is 0 Å². The molecule has 0 aromatic heterocycles. The minimum Gasteiger partial charge on any atom is -0.292 e. The number of carbonyl (C=O) groups is 3. The van der Waals surface area contributed by atoms with Crippen LogP contribution < -0.4 is 0 Å². The summed E-state index contributed by atoms with van der Waals surface area (Å²) < 4.78 is 0. The molecule has 0 unspecified atom stereocenters. The lowest BCUT2D eigenvalue weighted by Gasteiger charge is -2.23. The Kier molecular flexibility index (Phi) is 3.32. The van der Waals surface area contributed by atoms with Gasteiger partial charge in [0.15, 0.2) is 5.78 Å². The molecule has 1 heterocycles. The van der Waals surface area contributed by atoms with Crippen molar-refractivity contribution in [3.63, 3.8) is 0 Å². The van der Waals surface area contributed by atoms with E-state index in [4.69, 9.17) is 0 Å². The Morgan fingerprint density at radius 3 is 2.24 bits per heavy atom. The fourth-order valence-electron chi connectivity index (χ4n) is 1.84. The summed E-state index contributed by atoms with van der Waals surface area (Å²) in [5.41, 5.74) is 0.527. The van der Waals surface area contributed by atoms with Gasteiger partial charge in [0, 0.05) is 18.4 Å². The van der Waals surface area contributed by atoms with E-state index in [9.17, 15) is 14.4 Å². The van der Waals surface area contributed by atoms with Crippen LogP contribution in [0.4, 0.5) is 0 Å². The molecule has 1 aliphatic heterocycles. The van der Waals surface area contributed by atoms with Crippen molar-refractivity contribution in [1.29, 1.82) is 0 Å². The van der Waals surface area contributed by atoms with Gasteiger partial charge in [0.25, 0.3) is 0 Å². The second kappa shape index (κ2) is 4.91. The van der Waals surface area contributed by atoms with Crippen molar-refractivity contribution in [3.05, 3.63) is 35.9 Å². The van der Waals surface area contributed by atoms with Gasteiger partial charge in [-0.3, -0.25) is 19.3 Å². The van der Waals surface area contributed by atoms with E-state index in [1.54, 1.807) is 24.3 Å². The molecular weight excluding hydrogens is 218 g/mol. The third-order valence-corrected chi connectivity index (χ3v) is 2.78. The van der Waals surface area contributed by atoms with E-state index in [-0.39, 0.29) is 24.1 Å². The van der Waals surface area contributed by atoms with E-state index in [0.717, 1.165) is 4.90 Å². The number of piperidine rings is 1. The molecule has 0 radical (unpaired) electrons. The zero-order valence-corrected chi connectivity index (χ0v) is 9.39. The maximum Gasteiger partial charge on any atom is 0.229 e. The topological polar surface area (TPSA) is 54.5 Å². The SMILES string of the molecule is O=C(CN1C(=O)CCCC1=O)c1ccccc1. The fraction of sp³-hybridized carbons (Fsp3) is 0.308. The lowest BCUT2D eigenvalue weighted by molar-refractivity contribution is -0.147. The summed E-state index contributed by atoms with van der Waals surface area (Å²) in [7, 11) is 0. The molecule has 0 bridgehead atoms. The molecule has 17 heavy (non-hydrogen) atoms. The van der Waals surface area contributed by atoms with Crippen LogP contribution in [-0.2, 0) is 9.59 Å². The number of hydrogen-bond donors (Lipinski definition) is 0. The Bertz CT molecular complexity index is 437. The number of nitrogens with zero attached hydrogens (tertiary/aromatic N) is 1. The molecule has 0 saturated carbocycles. The molecule has 2 rings (SSSR count). The van der Waals surface area contributed by atoms with E-state index in [1.165, 1.54) is 0 Å². The van der Waals surface area contributed by atoms with Crippen molar-refractivity contribution in [2.24, 2.45) is 0 Å². The van der Waals surface area contributed by atoms with Crippen LogP contribution in [0.1, 0.15) is 29.6 Å². The number of benzene rings is 1. The number of carbonyl (C=O) groups excluding carboxylic acids is 3. The van der Waals surface area contributed by atoms with Crippen LogP contribution >= 0.6 is 0 Å². The van der Waals surface area contributed by atoms with Crippen molar-refractivity contribution in [2.75, 3.05) is 6.54 Å². The van der Waals surface area contributed by atoms with Crippen molar-refractivity contribution in [1.82, 2.24) is 4.90 Å². The third-order valence-electron chi connectivity index (χ3n) is 2.78. The van der Waals surface area contributed by atoms with Crippen LogP contribution in [0.25, 0.3) is 0 Å². The van der Waals surface area contributed by atoms with Crippen molar-refractivity contribution >= 4 is 17.6 Å². The first-order chi connectivity index (χ1) is 8.18. The predicted molar refractivity (Wildman–Crippen MR) is 61.3 cm³/mol. The Balaban J connectivity index is 2.08. The van der Waals surface area contributed by atoms with Crippen LogP contribution in [0, 0.1) is 0 Å². The quantitative estimate of drug-likeness (QED) is 0.583. The molecule has 4 heteroatoms. The molecule has 4 nitrogen and oxygen atoms in total. The molecule has 1 aromatic carbocycles. The van der Waals surface area contributed by atoms with Gasteiger partial charge in [-0.05, 0) is 6.42 Å². The minimum atomic E-state index is -0.245. The molecule has 0 spiro atoms. The maximum absolute atomic E-state index is 11.9. The van der Waals surface area contributed by atoms with Crippen LogP contribution in [0.3, 0.4) is 0 Å². The molecule has 0 N–H and O–H groups in total. The van der Waals surface area contributed by atoms with E-state index in [0.29, 0.717) is 24.8 Å². The van der Waals surface area contributed by atoms with Crippen LogP contribution in [0.15, 0.2) is 30.3 Å². The van der Waals surface area contributed by atoms with Crippen molar-refractivity contribution < 1.29 is 14.4 Å². The van der Waals surface area contributed by atoms with E-state index >= 15 is 0 Å². The minimum absolute atomic E-state index is 0.137. The number of imide groups is 1. The number of likely N-dealkylation sites (tertiary alicyclic amines) is 1. The highest BCUT2D eigenvalue weighted by atomic mass is 16.2. The first-order valence-corrected chi connectivity index (χ1v) is 5.60. The largest absolute Gasteiger partial charge is 0.292 e. The summed E-state index contributed by atoms with van der Waals surface area (Å²) in [5, 5.41) is 0. The Morgan fingerprint density at radius 2 is 1.65 bits per heavy atom. The van der Waals surface area contributed by atoms with E-state index in [1.807, 2.05) is 6.07 Å². The smallest absolute Gasteiger partial charge is 0.229 e. The molecule has 0 aliphatic carbocycles. The second-order valence-electron chi connectivity index (χ2n) is 4.02. The van der Waals surface area contributed by atoms with Gasteiger partial charge >= 0.3 is 0 Å². The molecule has 88 valence electrons. The van der Waals surface area contributed by atoms with Gasteiger partial charge < -0.3 is 0 Å². The predicted octanol–water partition coefficient (Wildman–Crippen LogP) is 1.41. The van der Waals surface area contributed by atoms with Gasteiger partial charge in [0.2, 0.25) is 11.8 Å². The zero-order chi connectivity index (χ0) is 12.3. The normalized spacial score (nSPS) is 16.1. The van der Waals surface area contributed by atoms with Crippen LogP contribution in [0.2, 0.25) is 0 Å². The highest BCUT2D eigenvalue weighted by Gasteiger charge is 2.27. The van der Waals surface area contributed by atoms with Gasteiger partial charge in [-0.25, -0.2) is 0 Å². The summed E-state index contributed by atoms with van der Waals surface area (Å²) in [6.07, 6.45) is 1.30. The average molecular weight is 231 g/mol. The number of Topliss-reactive ketones (excluding diaryl/α,β-unsaturated/α-hetero) is 1. The molecule has 1 fully saturated rings. The van der Waals surface area contributed by atoms with Crippen LogP contribution in [-0.4, -0.2) is 29.0 Å². The fourth-order valence-corrected chi connectivity index (χ4v) is 1.84. The highest BCUT2D eigenvalue weighted by Crippen LogP contribution is 2.13. The highest BCUT2D eigenvalue weighted by molar-refractivity contribution is 6.05. The molecule has 2 amide bonds. The van der Waals surface area contributed by atoms with E-state index < -0.39 is 0 Å². The molecular formula is C13H13NO3. The molecule has 0 atom stereocenters. The maximum atomic E-state index is 11.9. The number of amides is 2. The Hall–Kier alpha value is -1.97. The summed E-state index contributed by atoms with van der Waals surface area (Å²) >= 11 is 0. The third kappa shape index (κ3) is 2.58. The summed E-state index contributed by atoms with van der Waals surface area (Å²) in [5.74, 6) is -0.690. The van der Waals surface area contributed by atoms with Gasteiger partial charge in [0.05, 0.1) is 6.54 Å². The Labute approximate surface area is 99.2 Å². The summed E-state index contributed by atoms with van der Waals surface area (Å²) in [6.45, 7) is -0.137. The van der Waals surface area contributed by atoms with Crippen molar-refractivity contribution in [3.8, 4) is 0 Å². The summed E-state index contributed by atoms with van der Waals surface area (Å²) in [6, 6.07) is 8.69.